The third-order valence-corrected chi connectivity index (χ3v) is 12.3. The smallest absolute Gasteiger partial charge is 0.410 e. The molecule has 4 nitrogen and oxygen atoms in total. The van der Waals surface area contributed by atoms with Crippen molar-refractivity contribution >= 4 is 6.09 Å². The molecule has 0 spiro atoms. The molecule has 0 aromatic carbocycles. The fourth-order valence-electron chi connectivity index (χ4n) is 9.96. The van der Waals surface area contributed by atoms with Crippen LogP contribution in [0, 0.1) is 46.3 Å². The summed E-state index contributed by atoms with van der Waals surface area (Å²) in [7, 11) is 2.13. The van der Waals surface area contributed by atoms with Gasteiger partial charge in [0.25, 0.3) is 0 Å². The number of fused-ring (bicyclic) bond motifs is 5. The van der Waals surface area contributed by atoms with E-state index in [0.717, 1.165) is 74.5 Å². The molecule has 0 unspecified atom stereocenters. The van der Waals surface area contributed by atoms with Crippen LogP contribution >= 0.6 is 0 Å². The maximum atomic E-state index is 12.9. The Bertz CT molecular complexity index is 845. The van der Waals surface area contributed by atoms with Crippen molar-refractivity contribution in [3.8, 4) is 0 Å². The van der Waals surface area contributed by atoms with Crippen LogP contribution in [0.4, 0.5) is 4.79 Å². The molecular formula is C33H56N2O2. The average molecular weight is 513 g/mol. The largest absolute Gasteiger partial charge is 0.446 e. The van der Waals surface area contributed by atoms with Gasteiger partial charge >= 0.3 is 6.09 Å². The molecule has 210 valence electrons. The Labute approximate surface area is 227 Å². The maximum absolute atomic E-state index is 12.9. The molecule has 0 aromatic rings. The fraction of sp³-hybridized carbons (Fsp3) is 0.909. The molecule has 1 heterocycles. The van der Waals surface area contributed by atoms with E-state index >= 15 is 0 Å². The quantitative estimate of drug-likeness (QED) is 0.341. The highest BCUT2D eigenvalue weighted by Crippen LogP contribution is 2.67. The SMILES string of the molecule is CC(C)CCC[C@@H](C)[C@H]1CC[C@@H]2[C@@H]3CC=C4C[C@@H](OC(=O)N5CCN(C)CC5)CC[C@]4(C)[C@@H]3CC[C@@]21C. The fourth-order valence-corrected chi connectivity index (χ4v) is 9.96. The number of likely N-dealkylation sites (N-methyl/N-ethyl adjacent to an activating group) is 1. The van der Waals surface area contributed by atoms with Crippen LogP contribution < -0.4 is 0 Å². The van der Waals surface area contributed by atoms with Crippen LogP contribution in [0.25, 0.3) is 0 Å². The number of ether oxygens (including phenoxy) is 1. The summed E-state index contributed by atoms with van der Waals surface area (Å²) in [6.07, 6.45) is 17.1. The van der Waals surface area contributed by atoms with Gasteiger partial charge in [0.2, 0.25) is 0 Å². The third-order valence-electron chi connectivity index (χ3n) is 12.3. The van der Waals surface area contributed by atoms with Gasteiger partial charge in [0.1, 0.15) is 6.10 Å². The Morgan fingerprint density at radius 3 is 2.49 bits per heavy atom. The van der Waals surface area contributed by atoms with E-state index in [9.17, 15) is 4.79 Å². The van der Waals surface area contributed by atoms with Gasteiger partial charge < -0.3 is 14.5 Å². The number of carbonyl (C=O) groups excluding carboxylic acids is 1. The van der Waals surface area contributed by atoms with Gasteiger partial charge in [0, 0.05) is 32.6 Å². The van der Waals surface area contributed by atoms with E-state index in [1.807, 2.05) is 4.90 Å². The van der Waals surface area contributed by atoms with Gasteiger partial charge in [-0.15, -0.1) is 0 Å². The summed E-state index contributed by atoms with van der Waals surface area (Å²) >= 11 is 0. The number of hydrogen-bond acceptors (Lipinski definition) is 3. The van der Waals surface area contributed by atoms with E-state index in [-0.39, 0.29) is 12.2 Å². The Morgan fingerprint density at radius 2 is 1.76 bits per heavy atom. The number of amides is 1. The molecule has 1 amide bonds. The molecule has 1 saturated heterocycles. The van der Waals surface area contributed by atoms with Crippen LogP contribution in [-0.2, 0) is 4.74 Å². The van der Waals surface area contributed by atoms with Crippen LogP contribution in [0.1, 0.15) is 105 Å². The Morgan fingerprint density at radius 1 is 1.00 bits per heavy atom. The predicted octanol–water partition coefficient (Wildman–Crippen LogP) is 7.78. The van der Waals surface area contributed by atoms with Gasteiger partial charge in [-0.25, -0.2) is 4.79 Å². The monoisotopic (exact) mass is 512 g/mol. The van der Waals surface area contributed by atoms with Crippen molar-refractivity contribution in [3.63, 3.8) is 0 Å². The highest BCUT2D eigenvalue weighted by atomic mass is 16.6. The lowest BCUT2D eigenvalue weighted by atomic mass is 9.47. The van der Waals surface area contributed by atoms with Crippen molar-refractivity contribution < 1.29 is 9.53 Å². The zero-order valence-electron chi connectivity index (χ0n) is 24.9. The second-order valence-electron chi connectivity index (χ2n) is 14.8. The average Bonchev–Trinajstić information content (AvgIpc) is 3.21. The molecule has 37 heavy (non-hydrogen) atoms. The van der Waals surface area contributed by atoms with E-state index in [1.54, 1.807) is 5.57 Å². The topological polar surface area (TPSA) is 32.8 Å². The Kier molecular flexibility index (Phi) is 8.08. The second-order valence-corrected chi connectivity index (χ2v) is 14.8. The minimum absolute atomic E-state index is 0.0689. The lowest BCUT2D eigenvalue weighted by molar-refractivity contribution is -0.0596. The molecule has 0 radical (unpaired) electrons. The first kappa shape index (κ1) is 27.5. The van der Waals surface area contributed by atoms with Crippen LogP contribution in [0.2, 0.25) is 0 Å². The zero-order chi connectivity index (χ0) is 26.4. The first-order valence-electron chi connectivity index (χ1n) is 16.0. The van der Waals surface area contributed by atoms with E-state index in [2.05, 4.69) is 52.6 Å². The highest BCUT2D eigenvalue weighted by molar-refractivity contribution is 5.68. The van der Waals surface area contributed by atoms with Crippen molar-refractivity contribution in [2.75, 3.05) is 33.2 Å². The summed E-state index contributed by atoms with van der Waals surface area (Å²) in [5.41, 5.74) is 2.49. The molecule has 4 aliphatic carbocycles. The predicted molar refractivity (Wildman–Crippen MR) is 152 cm³/mol. The normalized spacial score (nSPS) is 41.0. The number of nitrogens with zero attached hydrogens (tertiary/aromatic N) is 2. The number of carbonyl (C=O) groups is 1. The van der Waals surface area contributed by atoms with Crippen molar-refractivity contribution in [2.24, 2.45) is 46.3 Å². The van der Waals surface area contributed by atoms with E-state index in [1.165, 1.54) is 57.8 Å². The maximum Gasteiger partial charge on any atom is 0.410 e. The second kappa shape index (κ2) is 10.9. The van der Waals surface area contributed by atoms with Gasteiger partial charge in [-0.1, -0.05) is 65.5 Å². The summed E-state index contributed by atoms with van der Waals surface area (Å²) in [5.74, 6) is 5.24. The van der Waals surface area contributed by atoms with Gasteiger partial charge in [-0.2, -0.15) is 0 Å². The summed E-state index contributed by atoms with van der Waals surface area (Å²) < 4.78 is 6.10. The summed E-state index contributed by atoms with van der Waals surface area (Å²) in [5, 5.41) is 0. The van der Waals surface area contributed by atoms with E-state index in [4.69, 9.17) is 4.74 Å². The van der Waals surface area contributed by atoms with Gasteiger partial charge in [0.05, 0.1) is 0 Å². The lowest BCUT2D eigenvalue weighted by Gasteiger charge is -2.58. The molecule has 1 aliphatic heterocycles. The highest BCUT2D eigenvalue weighted by Gasteiger charge is 2.59. The first-order valence-corrected chi connectivity index (χ1v) is 16.0. The Balaban J connectivity index is 1.22. The zero-order valence-corrected chi connectivity index (χ0v) is 24.9. The van der Waals surface area contributed by atoms with Crippen LogP contribution in [0.15, 0.2) is 11.6 Å². The van der Waals surface area contributed by atoms with Crippen LogP contribution in [0.5, 0.6) is 0 Å². The number of allylic oxidation sites excluding steroid dienone is 1. The van der Waals surface area contributed by atoms with Crippen molar-refractivity contribution in [3.05, 3.63) is 11.6 Å². The van der Waals surface area contributed by atoms with Gasteiger partial charge in [0.15, 0.2) is 0 Å². The number of rotatable bonds is 6. The lowest BCUT2D eigenvalue weighted by Crippen LogP contribution is -2.51. The molecule has 0 aromatic heterocycles. The summed E-state index contributed by atoms with van der Waals surface area (Å²) in [6.45, 7) is 16.1. The number of hydrogen-bond donors (Lipinski definition) is 0. The standard InChI is InChI=1S/C33H56N2O2/c1-23(2)8-7-9-24(3)28-12-13-29-27-11-10-25-22-26(37-31(36)35-20-18-34(6)19-21-35)14-16-32(25,4)30(27)15-17-33(28,29)5/h10,23-24,26-30H,7-9,11-22H2,1-6H3/t24-,26+,27+,28-,29-,30-,32+,33-/m1/s1. The van der Waals surface area contributed by atoms with Crippen LogP contribution in [-0.4, -0.2) is 55.2 Å². The minimum atomic E-state index is -0.0797. The van der Waals surface area contributed by atoms with E-state index < -0.39 is 0 Å². The minimum Gasteiger partial charge on any atom is -0.446 e. The van der Waals surface area contributed by atoms with Crippen molar-refractivity contribution in [1.29, 1.82) is 0 Å². The van der Waals surface area contributed by atoms with Gasteiger partial charge in [-0.3, -0.25) is 0 Å². The van der Waals surface area contributed by atoms with Crippen LogP contribution in [0.3, 0.4) is 0 Å². The van der Waals surface area contributed by atoms with Gasteiger partial charge in [-0.05, 0) is 98.3 Å². The van der Waals surface area contributed by atoms with Crippen molar-refractivity contribution in [2.45, 2.75) is 111 Å². The Hall–Kier alpha value is -1.03. The summed E-state index contributed by atoms with van der Waals surface area (Å²) in [6, 6.07) is 0. The molecule has 0 bridgehead atoms. The third kappa shape index (κ3) is 5.27. The summed E-state index contributed by atoms with van der Waals surface area (Å²) in [4.78, 5) is 17.1. The first-order chi connectivity index (χ1) is 17.6. The molecule has 3 saturated carbocycles. The van der Waals surface area contributed by atoms with E-state index in [0.29, 0.717) is 10.8 Å². The molecule has 5 aliphatic rings. The molecule has 4 fully saturated rings. The number of piperazine rings is 1. The molecule has 4 heteroatoms. The van der Waals surface area contributed by atoms with Crippen molar-refractivity contribution in [1.82, 2.24) is 9.80 Å². The molecular weight excluding hydrogens is 456 g/mol. The molecule has 5 rings (SSSR count). The molecule has 0 N–H and O–H groups in total. The molecule has 8 atom stereocenters.